The Bertz CT molecular complexity index is 468. The van der Waals surface area contributed by atoms with Gasteiger partial charge in [0.05, 0.1) is 0 Å². The third-order valence-corrected chi connectivity index (χ3v) is 3.31. The van der Waals surface area contributed by atoms with Crippen LogP contribution in [0.1, 0.15) is 18.1 Å². The predicted molar refractivity (Wildman–Crippen MR) is 78.9 cm³/mol. The molecule has 0 aromatic heterocycles. The van der Waals surface area contributed by atoms with E-state index in [1.165, 1.54) is 22.3 Å². The quantitative estimate of drug-likeness (QED) is 0.839. The lowest BCUT2D eigenvalue weighted by atomic mass is 10.0. The van der Waals surface area contributed by atoms with E-state index in [2.05, 4.69) is 60.8 Å². The SMILES string of the molecule is CCc1ccc(-c2ccc(CCNC)cc2)cc1. The van der Waals surface area contributed by atoms with Crippen molar-refractivity contribution in [1.82, 2.24) is 5.32 Å². The summed E-state index contributed by atoms with van der Waals surface area (Å²) < 4.78 is 0. The summed E-state index contributed by atoms with van der Waals surface area (Å²) in [5.74, 6) is 0. The van der Waals surface area contributed by atoms with E-state index in [-0.39, 0.29) is 0 Å². The van der Waals surface area contributed by atoms with Crippen LogP contribution in [0.2, 0.25) is 0 Å². The summed E-state index contributed by atoms with van der Waals surface area (Å²) in [6.45, 7) is 3.22. The standard InChI is InChI=1S/C17H21N/c1-3-14-4-8-16(9-5-14)17-10-6-15(7-11-17)12-13-18-2/h4-11,18H,3,12-13H2,1-2H3. The molecule has 0 unspecified atom stereocenters. The van der Waals surface area contributed by atoms with Gasteiger partial charge in [-0.2, -0.15) is 0 Å². The van der Waals surface area contributed by atoms with Gasteiger partial charge in [0.2, 0.25) is 0 Å². The maximum atomic E-state index is 3.18. The van der Waals surface area contributed by atoms with E-state index in [4.69, 9.17) is 0 Å². The van der Waals surface area contributed by atoms with Crippen LogP contribution >= 0.6 is 0 Å². The van der Waals surface area contributed by atoms with Crippen LogP contribution in [0.5, 0.6) is 0 Å². The van der Waals surface area contributed by atoms with Crippen LogP contribution in [0, 0.1) is 0 Å². The molecule has 1 nitrogen and oxygen atoms in total. The molecule has 1 N–H and O–H groups in total. The first-order valence-corrected chi connectivity index (χ1v) is 6.66. The number of hydrogen-bond donors (Lipinski definition) is 1. The van der Waals surface area contributed by atoms with E-state index in [9.17, 15) is 0 Å². The topological polar surface area (TPSA) is 12.0 Å². The van der Waals surface area contributed by atoms with Gasteiger partial charge in [0.25, 0.3) is 0 Å². The molecular formula is C17H21N. The predicted octanol–water partition coefficient (Wildman–Crippen LogP) is 3.68. The zero-order valence-electron chi connectivity index (χ0n) is 11.2. The fourth-order valence-corrected chi connectivity index (χ4v) is 2.07. The van der Waals surface area contributed by atoms with Crippen LogP contribution in [0.4, 0.5) is 0 Å². The monoisotopic (exact) mass is 239 g/mol. The summed E-state index contributed by atoms with van der Waals surface area (Å²) >= 11 is 0. The highest BCUT2D eigenvalue weighted by Crippen LogP contribution is 2.20. The van der Waals surface area contributed by atoms with Crippen LogP contribution in [0.25, 0.3) is 11.1 Å². The highest BCUT2D eigenvalue weighted by molar-refractivity contribution is 5.63. The van der Waals surface area contributed by atoms with Gasteiger partial charge in [-0.3, -0.25) is 0 Å². The van der Waals surface area contributed by atoms with E-state index >= 15 is 0 Å². The molecule has 0 aliphatic heterocycles. The molecule has 0 spiro atoms. The molecule has 0 aliphatic rings. The number of nitrogens with one attached hydrogen (secondary N) is 1. The van der Waals surface area contributed by atoms with Gasteiger partial charge in [0, 0.05) is 0 Å². The molecule has 1 heteroatoms. The maximum absolute atomic E-state index is 3.18. The van der Waals surface area contributed by atoms with Gasteiger partial charge in [-0.1, -0.05) is 55.5 Å². The second kappa shape index (κ2) is 6.36. The average molecular weight is 239 g/mol. The van der Waals surface area contributed by atoms with E-state index in [0.29, 0.717) is 0 Å². The highest BCUT2D eigenvalue weighted by atomic mass is 14.8. The Hall–Kier alpha value is -1.60. The lowest BCUT2D eigenvalue weighted by Gasteiger charge is -2.05. The molecule has 0 saturated heterocycles. The lowest BCUT2D eigenvalue weighted by Crippen LogP contribution is -2.10. The molecule has 0 amide bonds. The molecule has 0 bridgehead atoms. The molecular weight excluding hydrogens is 218 g/mol. The molecule has 2 aromatic rings. The normalized spacial score (nSPS) is 10.6. The van der Waals surface area contributed by atoms with Crippen LogP contribution in [-0.2, 0) is 12.8 Å². The van der Waals surface area contributed by atoms with Gasteiger partial charge in [-0.25, -0.2) is 0 Å². The van der Waals surface area contributed by atoms with E-state index in [1.54, 1.807) is 0 Å². The van der Waals surface area contributed by atoms with Crippen molar-refractivity contribution in [3.8, 4) is 11.1 Å². The van der Waals surface area contributed by atoms with Crippen molar-refractivity contribution in [2.45, 2.75) is 19.8 Å². The number of hydrogen-bond acceptors (Lipinski definition) is 1. The molecule has 0 saturated carbocycles. The molecule has 0 aliphatic carbocycles. The largest absolute Gasteiger partial charge is 0.319 e. The number of aryl methyl sites for hydroxylation is 1. The zero-order valence-corrected chi connectivity index (χ0v) is 11.2. The summed E-state index contributed by atoms with van der Waals surface area (Å²) in [7, 11) is 1.99. The second-order valence-corrected chi connectivity index (χ2v) is 4.60. The van der Waals surface area contributed by atoms with Crippen molar-refractivity contribution in [3.63, 3.8) is 0 Å². The first kappa shape index (κ1) is 12.8. The Balaban J connectivity index is 2.12. The molecule has 0 radical (unpaired) electrons. The van der Waals surface area contributed by atoms with Gasteiger partial charge in [-0.05, 0) is 48.7 Å². The van der Waals surface area contributed by atoms with Gasteiger partial charge in [-0.15, -0.1) is 0 Å². The van der Waals surface area contributed by atoms with Crippen molar-refractivity contribution >= 4 is 0 Å². The van der Waals surface area contributed by atoms with Crippen LogP contribution < -0.4 is 5.32 Å². The molecule has 0 fully saturated rings. The Labute approximate surface area is 110 Å². The minimum absolute atomic E-state index is 1.03. The first-order chi connectivity index (χ1) is 8.83. The molecule has 0 heterocycles. The molecule has 2 rings (SSSR count). The fraction of sp³-hybridized carbons (Fsp3) is 0.294. The van der Waals surface area contributed by atoms with E-state index in [0.717, 1.165) is 19.4 Å². The Morgan fingerprint density at radius 2 is 1.28 bits per heavy atom. The molecule has 94 valence electrons. The van der Waals surface area contributed by atoms with Gasteiger partial charge < -0.3 is 5.32 Å². The Kier molecular flexibility index (Phi) is 4.54. The van der Waals surface area contributed by atoms with Crippen LogP contribution in [0.15, 0.2) is 48.5 Å². The van der Waals surface area contributed by atoms with Crippen molar-refractivity contribution in [3.05, 3.63) is 59.7 Å². The summed E-state index contributed by atoms with van der Waals surface area (Å²) in [5.41, 5.74) is 5.38. The third kappa shape index (κ3) is 3.21. The average Bonchev–Trinajstić information content (AvgIpc) is 2.46. The van der Waals surface area contributed by atoms with E-state index < -0.39 is 0 Å². The van der Waals surface area contributed by atoms with Crippen molar-refractivity contribution < 1.29 is 0 Å². The molecule has 0 atom stereocenters. The molecule has 18 heavy (non-hydrogen) atoms. The fourth-order valence-electron chi connectivity index (χ4n) is 2.07. The minimum atomic E-state index is 1.03. The Morgan fingerprint density at radius 1 is 0.778 bits per heavy atom. The minimum Gasteiger partial charge on any atom is -0.319 e. The first-order valence-electron chi connectivity index (χ1n) is 6.66. The van der Waals surface area contributed by atoms with Crippen molar-refractivity contribution in [2.24, 2.45) is 0 Å². The van der Waals surface area contributed by atoms with E-state index in [1.807, 2.05) is 7.05 Å². The van der Waals surface area contributed by atoms with Gasteiger partial charge in [0.15, 0.2) is 0 Å². The number of likely N-dealkylation sites (N-methyl/N-ethyl adjacent to an activating group) is 1. The Morgan fingerprint density at radius 3 is 1.72 bits per heavy atom. The van der Waals surface area contributed by atoms with Gasteiger partial charge >= 0.3 is 0 Å². The van der Waals surface area contributed by atoms with Gasteiger partial charge in [0.1, 0.15) is 0 Å². The van der Waals surface area contributed by atoms with Crippen molar-refractivity contribution in [1.29, 1.82) is 0 Å². The summed E-state index contributed by atoms with van der Waals surface area (Å²) in [4.78, 5) is 0. The summed E-state index contributed by atoms with van der Waals surface area (Å²) in [6.07, 6.45) is 2.19. The number of rotatable bonds is 5. The zero-order chi connectivity index (χ0) is 12.8. The smallest absolute Gasteiger partial charge is 0.00114 e. The van der Waals surface area contributed by atoms with Crippen LogP contribution in [0.3, 0.4) is 0 Å². The summed E-state index contributed by atoms with van der Waals surface area (Å²) in [5, 5.41) is 3.18. The van der Waals surface area contributed by atoms with Crippen LogP contribution in [-0.4, -0.2) is 13.6 Å². The maximum Gasteiger partial charge on any atom is -0.00114 e. The second-order valence-electron chi connectivity index (χ2n) is 4.60. The summed E-state index contributed by atoms with van der Waals surface area (Å²) in [6, 6.07) is 17.7. The third-order valence-electron chi connectivity index (χ3n) is 3.31. The lowest BCUT2D eigenvalue weighted by molar-refractivity contribution is 0.792. The number of benzene rings is 2. The highest BCUT2D eigenvalue weighted by Gasteiger charge is 1.98. The molecule has 2 aromatic carbocycles. The van der Waals surface area contributed by atoms with Crippen molar-refractivity contribution in [2.75, 3.05) is 13.6 Å².